The van der Waals surface area contributed by atoms with Crippen molar-refractivity contribution in [2.45, 2.75) is 6.92 Å². The van der Waals surface area contributed by atoms with Crippen LogP contribution in [-0.2, 0) is 0 Å². The van der Waals surface area contributed by atoms with Crippen molar-refractivity contribution in [3.05, 3.63) is 24.3 Å². The van der Waals surface area contributed by atoms with E-state index in [1.54, 1.807) is 0 Å². The molecule has 1 aromatic carbocycles. The molecular weight excluding hydrogens is 210 g/mol. The SMILES string of the molecule is CCOc1ccccc1-c1nnc(N)s1. The number of ether oxygens (including phenoxy) is 1. The van der Waals surface area contributed by atoms with Gasteiger partial charge in [0.1, 0.15) is 5.75 Å². The summed E-state index contributed by atoms with van der Waals surface area (Å²) < 4.78 is 5.50. The highest BCUT2D eigenvalue weighted by atomic mass is 32.1. The Morgan fingerprint density at radius 3 is 2.80 bits per heavy atom. The average molecular weight is 221 g/mol. The van der Waals surface area contributed by atoms with Crippen molar-refractivity contribution in [3.8, 4) is 16.3 Å². The molecule has 0 amide bonds. The van der Waals surface area contributed by atoms with Crippen molar-refractivity contribution in [1.29, 1.82) is 0 Å². The van der Waals surface area contributed by atoms with E-state index in [-0.39, 0.29) is 0 Å². The van der Waals surface area contributed by atoms with Gasteiger partial charge in [-0.1, -0.05) is 23.5 Å². The fourth-order valence-corrected chi connectivity index (χ4v) is 1.91. The Bertz CT molecular complexity index is 455. The minimum absolute atomic E-state index is 0.469. The lowest BCUT2D eigenvalue weighted by Gasteiger charge is -2.06. The van der Waals surface area contributed by atoms with Crippen LogP contribution in [0.4, 0.5) is 5.13 Å². The molecule has 78 valence electrons. The molecule has 0 spiro atoms. The number of aromatic nitrogens is 2. The Hall–Kier alpha value is -1.62. The first-order chi connectivity index (χ1) is 7.31. The van der Waals surface area contributed by atoms with Crippen LogP contribution in [0.5, 0.6) is 5.75 Å². The van der Waals surface area contributed by atoms with Crippen LogP contribution in [0.25, 0.3) is 10.6 Å². The molecule has 0 aliphatic heterocycles. The van der Waals surface area contributed by atoms with Crippen LogP contribution in [0.15, 0.2) is 24.3 Å². The molecule has 0 fully saturated rings. The quantitative estimate of drug-likeness (QED) is 0.863. The number of nitrogens with zero attached hydrogens (tertiary/aromatic N) is 2. The van der Waals surface area contributed by atoms with Crippen molar-refractivity contribution in [2.24, 2.45) is 0 Å². The summed E-state index contributed by atoms with van der Waals surface area (Å²) in [4.78, 5) is 0. The predicted octanol–water partition coefficient (Wildman–Crippen LogP) is 2.19. The first-order valence-corrected chi connectivity index (χ1v) is 5.44. The Kier molecular flexibility index (Phi) is 2.82. The molecule has 0 saturated heterocycles. The first-order valence-electron chi connectivity index (χ1n) is 4.62. The third-order valence-electron chi connectivity index (χ3n) is 1.86. The van der Waals surface area contributed by atoms with E-state index in [0.717, 1.165) is 16.3 Å². The van der Waals surface area contributed by atoms with Gasteiger partial charge in [-0.05, 0) is 19.1 Å². The third kappa shape index (κ3) is 2.07. The van der Waals surface area contributed by atoms with E-state index >= 15 is 0 Å². The molecule has 0 atom stereocenters. The molecule has 4 nitrogen and oxygen atoms in total. The summed E-state index contributed by atoms with van der Waals surface area (Å²) in [6, 6.07) is 7.73. The summed E-state index contributed by atoms with van der Waals surface area (Å²) in [7, 11) is 0. The van der Waals surface area contributed by atoms with Gasteiger partial charge in [-0.3, -0.25) is 0 Å². The van der Waals surface area contributed by atoms with Crippen LogP contribution in [-0.4, -0.2) is 16.8 Å². The van der Waals surface area contributed by atoms with E-state index in [1.807, 2.05) is 31.2 Å². The van der Waals surface area contributed by atoms with E-state index in [4.69, 9.17) is 10.5 Å². The summed E-state index contributed by atoms with van der Waals surface area (Å²) >= 11 is 1.36. The zero-order chi connectivity index (χ0) is 10.7. The van der Waals surface area contributed by atoms with E-state index in [0.29, 0.717) is 11.7 Å². The number of hydrogen-bond acceptors (Lipinski definition) is 5. The van der Waals surface area contributed by atoms with E-state index in [2.05, 4.69) is 10.2 Å². The zero-order valence-electron chi connectivity index (χ0n) is 8.30. The molecule has 0 radical (unpaired) electrons. The zero-order valence-corrected chi connectivity index (χ0v) is 9.12. The highest BCUT2D eigenvalue weighted by Crippen LogP contribution is 2.32. The standard InChI is InChI=1S/C10H11N3OS/c1-2-14-8-6-4-3-5-7(8)9-12-13-10(11)15-9/h3-6H,2H2,1H3,(H2,11,13). The van der Waals surface area contributed by atoms with Gasteiger partial charge in [0.25, 0.3) is 0 Å². The summed E-state index contributed by atoms with van der Waals surface area (Å²) in [5.41, 5.74) is 6.48. The largest absolute Gasteiger partial charge is 0.493 e. The molecule has 0 bridgehead atoms. The van der Waals surface area contributed by atoms with Crippen LogP contribution < -0.4 is 10.5 Å². The number of nitrogen functional groups attached to an aromatic ring is 1. The Balaban J connectivity index is 2.42. The molecule has 0 unspecified atom stereocenters. The summed E-state index contributed by atoms with van der Waals surface area (Å²) in [6.45, 7) is 2.58. The number of nitrogens with two attached hydrogens (primary N) is 1. The fourth-order valence-electron chi connectivity index (χ4n) is 1.27. The second-order valence-corrected chi connectivity index (χ2v) is 3.88. The van der Waals surface area contributed by atoms with Crippen LogP contribution in [0, 0.1) is 0 Å². The maximum atomic E-state index is 5.54. The lowest BCUT2D eigenvalue weighted by atomic mass is 10.2. The Labute approximate surface area is 91.7 Å². The molecule has 5 heteroatoms. The molecule has 0 saturated carbocycles. The average Bonchev–Trinajstić information content (AvgIpc) is 2.66. The number of benzene rings is 1. The van der Waals surface area contributed by atoms with Crippen LogP contribution >= 0.6 is 11.3 Å². The second-order valence-electron chi connectivity index (χ2n) is 2.87. The van der Waals surface area contributed by atoms with Crippen LogP contribution in [0.2, 0.25) is 0 Å². The van der Waals surface area contributed by atoms with Crippen molar-refractivity contribution in [1.82, 2.24) is 10.2 Å². The van der Waals surface area contributed by atoms with Gasteiger partial charge in [-0.15, -0.1) is 10.2 Å². The third-order valence-corrected chi connectivity index (χ3v) is 2.64. The molecule has 15 heavy (non-hydrogen) atoms. The summed E-state index contributed by atoms with van der Waals surface area (Å²) in [6.07, 6.45) is 0. The van der Waals surface area contributed by atoms with Gasteiger partial charge in [-0.2, -0.15) is 0 Å². The maximum Gasteiger partial charge on any atom is 0.203 e. The molecule has 0 aliphatic carbocycles. The van der Waals surface area contributed by atoms with Gasteiger partial charge in [-0.25, -0.2) is 0 Å². The minimum atomic E-state index is 0.469. The molecule has 1 heterocycles. The van der Waals surface area contributed by atoms with Gasteiger partial charge < -0.3 is 10.5 Å². The molecule has 0 aliphatic rings. The van der Waals surface area contributed by atoms with Crippen molar-refractivity contribution < 1.29 is 4.74 Å². The number of rotatable bonds is 3. The van der Waals surface area contributed by atoms with Gasteiger partial charge in [0.05, 0.1) is 12.2 Å². The second kappa shape index (κ2) is 4.27. The van der Waals surface area contributed by atoms with Gasteiger partial charge in [0.15, 0.2) is 5.01 Å². The van der Waals surface area contributed by atoms with E-state index in [1.165, 1.54) is 11.3 Å². The van der Waals surface area contributed by atoms with Gasteiger partial charge >= 0.3 is 0 Å². The fraction of sp³-hybridized carbons (Fsp3) is 0.200. The number of hydrogen-bond donors (Lipinski definition) is 1. The molecule has 1 aromatic heterocycles. The topological polar surface area (TPSA) is 61.0 Å². The Morgan fingerprint density at radius 1 is 1.33 bits per heavy atom. The van der Waals surface area contributed by atoms with E-state index in [9.17, 15) is 0 Å². The van der Waals surface area contributed by atoms with E-state index < -0.39 is 0 Å². The Morgan fingerprint density at radius 2 is 2.13 bits per heavy atom. The van der Waals surface area contributed by atoms with Gasteiger partial charge in [0, 0.05) is 0 Å². The molecule has 2 N–H and O–H groups in total. The summed E-state index contributed by atoms with van der Waals surface area (Å²) in [5.74, 6) is 0.816. The molecule has 2 aromatic rings. The first kappa shape index (κ1) is 9.92. The number of anilines is 1. The normalized spacial score (nSPS) is 10.2. The molecular formula is C10H11N3OS. The maximum absolute atomic E-state index is 5.54. The lowest BCUT2D eigenvalue weighted by Crippen LogP contribution is -1.93. The molecule has 2 rings (SSSR count). The van der Waals surface area contributed by atoms with Crippen molar-refractivity contribution in [3.63, 3.8) is 0 Å². The smallest absolute Gasteiger partial charge is 0.203 e. The van der Waals surface area contributed by atoms with Crippen LogP contribution in [0.3, 0.4) is 0 Å². The van der Waals surface area contributed by atoms with Crippen molar-refractivity contribution >= 4 is 16.5 Å². The lowest BCUT2D eigenvalue weighted by molar-refractivity contribution is 0.341. The van der Waals surface area contributed by atoms with Crippen molar-refractivity contribution in [2.75, 3.05) is 12.3 Å². The minimum Gasteiger partial charge on any atom is -0.493 e. The van der Waals surface area contributed by atoms with Gasteiger partial charge in [0.2, 0.25) is 5.13 Å². The highest BCUT2D eigenvalue weighted by molar-refractivity contribution is 7.18. The highest BCUT2D eigenvalue weighted by Gasteiger charge is 2.09. The number of para-hydroxylation sites is 1. The summed E-state index contributed by atoms with van der Waals surface area (Å²) in [5, 5.41) is 9.03. The van der Waals surface area contributed by atoms with Crippen LogP contribution in [0.1, 0.15) is 6.92 Å². The monoisotopic (exact) mass is 221 g/mol. The predicted molar refractivity (Wildman–Crippen MR) is 60.9 cm³/mol.